The maximum Gasteiger partial charge on any atom is 0.162 e. The Bertz CT molecular complexity index is 764. The predicted octanol–water partition coefficient (Wildman–Crippen LogP) is 3.73. The molecule has 0 saturated carbocycles. The Balaban J connectivity index is 2.23. The summed E-state index contributed by atoms with van der Waals surface area (Å²) < 4.78 is 1.83. The second-order valence-corrected chi connectivity index (χ2v) is 5.10. The molecule has 5 heteroatoms. The molecule has 0 unspecified atom stereocenters. The molecule has 3 rings (SSSR count). The molecule has 0 fully saturated rings. The van der Waals surface area contributed by atoms with E-state index in [0.717, 1.165) is 41.0 Å². The first-order valence-corrected chi connectivity index (χ1v) is 7.04. The summed E-state index contributed by atoms with van der Waals surface area (Å²) in [6, 6.07) is 8.05. The minimum atomic E-state index is 0.498. The van der Waals surface area contributed by atoms with Gasteiger partial charge < -0.3 is 0 Å². The van der Waals surface area contributed by atoms with Crippen molar-refractivity contribution >= 4 is 22.5 Å². The molecular formula is C15H15ClN4. The highest BCUT2D eigenvalue weighted by Crippen LogP contribution is 2.23. The van der Waals surface area contributed by atoms with Gasteiger partial charge in [0.2, 0.25) is 0 Å². The standard InChI is InChI=1S/C15H15ClN4/c1-3-6-13-18-14(16)10(2)15(19-13)20-12-8-5-4-7-11(12)9-17-20/h4-5,7-9H,3,6H2,1-2H3. The molecule has 0 N–H and O–H groups in total. The van der Waals surface area contributed by atoms with Crippen LogP contribution in [-0.2, 0) is 6.42 Å². The molecule has 1 aromatic carbocycles. The van der Waals surface area contributed by atoms with Gasteiger partial charge in [-0.2, -0.15) is 5.10 Å². The maximum absolute atomic E-state index is 6.23. The third-order valence-corrected chi connectivity index (χ3v) is 3.63. The summed E-state index contributed by atoms with van der Waals surface area (Å²) in [5.74, 6) is 1.52. The molecule has 2 aromatic heterocycles. The maximum atomic E-state index is 6.23. The van der Waals surface area contributed by atoms with E-state index in [4.69, 9.17) is 11.6 Å². The summed E-state index contributed by atoms with van der Waals surface area (Å²) in [5.41, 5.74) is 1.87. The first-order chi connectivity index (χ1) is 9.70. The number of aryl methyl sites for hydroxylation is 1. The van der Waals surface area contributed by atoms with Gasteiger partial charge in [0.15, 0.2) is 5.82 Å². The van der Waals surface area contributed by atoms with E-state index in [1.165, 1.54) is 0 Å². The van der Waals surface area contributed by atoms with Crippen molar-refractivity contribution in [2.24, 2.45) is 0 Å². The van der Waals surface area contributed by atoms with Gasteiger partial charge in [0.1, 0.15) is 11.0 Å². The number of benzene rings is 1. The van der Waals surface area contributed by atoms with E-state index in [1.807, 2.05) is 42.1 Å². The SMILES string of the molecule is CCCc1nc(Cl)c(C)c(-n2ncc3ccccc32)n1. The van der Waals surface area contributed by atoms with Crippen molar-refractivity contribution in [3.8, 4) is 5.82 Å². The van der Waals surface area contributed by atoms with Crippen LogP contribution in [-0.4, -0.2) is 19.7 Å². The molecule has 0 saturated heterocycles. The number of rotatable bonds is 3. The largest absolute Gasteiger partial charge is 0.221 e. The van der Waals surface area contributed by atoms with E-state index in [9.17, 15) is 0 Å². The molecule has 3 aromatic rings. The van der Waals surface area contributed by atoms with E-state index < -0.39 is 0 Å². The van der Waals surface area contributed by atoms with Crippen LogP contribution < -0.4 is 0 Å². The topological polar surface area (TPSA) is 43.6 Å². The number of hydrogen-bond donors (Lipinski definition) is 0. The van der Waals surface area contributed by atoms with Crippen LogP contribution >= 0.6 is 11.6 Å². The summed E-state index contributed by atoms with van der Waals surface area (Å²) in [5, 5.41) is 6.02. The van der Waals surface area contributed by atoms with E-state index in [2.05, 4.69) is 22.0 Å². The highest BCUT2D eigenvalue weighted by atomic mass is 35.5. The number of hydrogen-bond acceptors (Lipinski definition) is 3. The fraction of sp³-hybridized carbons (Fsp3) is 0.267. The Morgan fingerprint density at radius 2 is 2.00 bits per heavy atom. The lowest BCUT2D eigenvalue weighted by Crippen LogP contribution is -2.07. The van der Waals surface area contributed by atoms with Gasteiger partial charge in [0.05, 0.1) is 11.7 Å². The Labute approximate surface area is 122 Å². The second kappa shape index (κ2) is 5.21. The van der Waals surface area contributed by atoms with Crippen LogP contribution in [0.3, 0.4) is 0 Å². The quantitative estimate of drug-likeness (QED) is 0.689. The smallest absolute Gasteiger partial charge is 0.162 e. The molecule has 4 nitrogen and oxygen atoms in total. The zero-order chi connectivity index (χ0) is 14.1. The fourth-order valence-electron chi connectivity index (χ4n) is 2.20. The lowest BCUT2D eigenvalue weighted by molar-refractivity contribution is 0.788. The van der Waals surface area contributed by atoms with Gasteiger partial charge in [-0.1, -0.05) is 36.7 Å². The summed E-state index contributed by atoms with van der Waals surface area (Å²) in [4.78, 5) is 8.95. The Hall–Kier alpha value is -1.94. The fourth-order valence-corrected chi connectivity index (χ4v) is 2.38. The third-order valence-electron chi connectivity index (χ3n) is 3.26. The average molecular weight is 287 g/mol. The highest BCUT2D eigenvalue weighted by molar-refractivity contribution is 6.30. The van der Waals surface area contributed by atoms with Crippen LogP contribution in [0.2, 0.25) is 5.15 Å². The monoisotopic (exact) mass is 286 g/mol. The van der Waals surface area contributed by atoms with Crippen molar-refractivity contribution in [3.05, 3.63) is 47.0 Å². The Morgan fingerprint density at radius 3 is 2.80 bits per heavy atom. The van der Waals surface area contributed by atoms with Crippen LogP contribution in [0.1, 0.15) is 24.7 Å². The van der Waals surface area contributed by atoms with Gasteiger partial charge in [-0.15, -0.1) is 0 Å². The minimum absolute atomic E-state index is 0.498. The van der Waals surface area contributed by atoms with E-state index in [1.54, 1.807) is 0 Å². The molecule has 0 amide bonds. The number of aromatic nitrogens is 4. The van der Waals surface area contributed by atoms with Gasteiger partial charge in [-0.25, -0.2) is 14.6 Å². The summed E-state index contributed by atoms with van der Waals surface area (Å²) in [6.45, 7) is 4.02. The zero-order valence-corrected chi connectivity index (χ0v) is 12.2. The third kappa shape index (κ3) is 2.16. The van der Waals surface area contributed by atoms with Gasteiger partial charge in [0.25, 0.3) is 0 Å². The van der Waals surface area contributed by atoms with Crippen molar-refractivity contribution < 1.29 is 0 Å². The summed E-state index contributed by atoms with van der Waals surface area (Å²) in [6.07, 6.45) is 3.63. The van der Waals surface area contributed by atoms with Crippen LogP contribution in [0.25, 0.3) is 16.7 Å². The van der Waals surface area contributed by atoms with Crippen LogP contribution in [0, 0.1) is 6.92 Å². The second-order valence-electron chi connectivity index (χ2n) is 4.74. The van der Waals surface area contributed by atoms with E-state index >= 15 is 0 Å². The highest BCUT2D eigenvalue weighted by Gasteiger charge is 2.13. The first kappa shape index (κ1) is 13.1. The molecule has 0 aliphatic heterocycles. The molecule has 0 spiro atoms. The Kier molecular flexibility index (Phi) is 3.40. The normalized spacial score (nSPS) is 11.2. The molecule has 0 aliphatic carbocycles. The van der Waals surface area contributed by atoms with E-state index in [0.29, 0.717) is 5.15 Å². The van der Waals surface area contributed by atoms with Crippen molar-refractivity contribution in [1.29, 1.82) is 0 Å². The van der Waals surface area contributed by atoms with Gasteiger partial charge in [0, 0.05) is 17.4 Å². The Morgan fingerprint density at radius 1 is 1.20 bits per heavy atom. The molecule has 0 atom stereocenters. The predicted molar refractivity (Wildman–Crippen MR) is 80.4 cm³/mol. The van der Waals surface area contributed by atoms with Crippen molar-refractivity contribution in [2.75, 3.05) is 0 Å². The van der Waals surface area contributed by atoms with Gasteiger partial charge in [-0.05, 0) is 19.4 Å². The molecular weight excluding hydrogens is 272 g/mol. The molecule has 0 aliphatic rings. The van der Waals surface area contributed by atoms with Crippen molar-refractivity contribution in [1.82, 2.24) is 19.7 Å². The lowest BCUT2D eigenvalue weighted by atomic mass is 10.2. The molecule has 0 radical (unpaired) electrons. The minimum Gasteiger partial charge on any atom is -0.221 e. The molecule has 102 valence electrons. The lowest BCUT2D eigenvalue weighted by Gasteiger charge is -2.09. The number of nitrogens with zero attached hydrogens (tertiary/aromatic N) is 4. The molecule has 0 bridgehead atoms. The average Bonchev–Trinajstić information content (AvgIpc) is 2.87. The number of halogens is 1. The first-order valence-electron chi connectivity index (χ1n) is 6.67. The van der Waals surface area contributed by atoms with Gasteiger partial charge in [-0.3, -0.25) is 0 Å². The zero-order valence-electron chi connectivity index (χ0n) is 11.5. The number of fused-ring (bicyclic) bond motifs is 1. The van der Waals surface area contributed by atoms with Crippen LogP contribution in [0.5, 0.6) is 0 Å². The van der Waals surface area contributed by atoms with E-state index in [-0.39, 0.29) is 0 Å². The molecule has 2 heterocycles. The summed E-state index contributed by atoms with van der Waals surface area (Å²) >= 11 is 6.23. The molecule has 20 heavy (non-hydrogen) atoms. The summed E-state index contributed by atoms with van der Waals surface area (Å²) in [7, 11) is 0. The van der Waals surface area contributed by atoms with Crippen LogP contribution in [0.4, 0.5) is 0 Å². The number of para-hydroxylation sites is 1. The van der Waals surface area contributed by atoms with Crippen LogP contribution in [0.15, 0.2) is 30.5 Å². The van der Waals surface area contributed by atoms with Crippen molar-refractivity contribution in [2.45, 2.75) is 26.7 Å². The van der Waals surface area contributed by atoms with Crippen molar-refractivity contribution in [3.63, 3.8) is 0 Å². The van der Waals surface area contributed by atoms with Gasteiger partial charge >= 0.3 is 0 Å².